The maximum Gasteiger partial charge on any atom is 0.294 e. The number of ketones is 1. The first kappa shape index (κ1) is 21.6. The molecule has 1 amide bonds. The van der Waals surface area contributed by atoms with Crippen LogP contribution < -0.4 is 4.90 Å². The minimum absolute atomic E-state index is 0.0338. The summed E-state index contributed by atoms with van der Waals surface area (Å²) < 4.78 is 21.4. The minimum Gasteiger partial charge on any atom is -0.503 e. The number of nitriles is 1. The number of anilines is 1. The van der Waals surface area contributed by atoms with Crippen LogP contribution in [0.2, 0.25) is 0 Å². The highest BCUT2D eigenvalue weighted by Gasteiger charge is 2.46. The van der Waals surface area contributed by atoms with Gasteiger partial charge in [-0.1, -0.05) is 34.1 Å². The fraction of sp³-hybridized carbons (Fsp3) is 0.0385. The van der Waals surface area contributed by atoms with Crippen molar-refractivity contribution < 1.29 is 23.5 Å². The van der Waals surface area contributed by atoms with Crippen molar-refractivity contribution in [3.63, 3.8) is 0 Å². The van der Waals surface area contributed by atoms with Gasteiger partial charge in [0.05, 0.1) is 23.2 Å². The molecule has 0 saturated heterocycles. The van der Waals surface area contributed by atoms with E-state index < -0.39 is 29.3 Å². The van der Waals surface area contributed by atoms with Crippen molar-refractivity contribution in [2.24, 2.45) is 0 Å². The third kappa shape index (κ3) is 3.47. The molecule has 5 rings (SSSR count). The van der Waals surface area contributed by atoms with E-state index in [2.05, 4.69) is 15.9 Å². The number of benzene rings is 3. The summed E-state index contributed by atoms with van der Waals surface area (Å²) in [4.78, 5) is 27.9. The van der Waals surface area contributed by atoms with E-state index in [1.807, 2.05) is 6.07 Å². The Bertz CT molecular complexity index is 1550. The number of Topliss-reactive ketones (excluding diaryl/α,β-unsaturated/α-hetero) is 1. The number of carbonyl (C=O) groups is 2. The molecule has 0 spiro atoms. The Morgan fingerprint density at radius 1 is 1.09 bits per heavy atom. The van der Waals surface area contributed by atoms with Gasteiger partial charge in [-0.05, 0) is 54.6 Å². The highest BCUT2D eigenvalue weighted by molar-refractivity contribution is 9.10. The highest BCUT2D eigenvalue weighted by atomic mass is 79.9. The van der Waals surface area contributed by atoms with Crippen molar-refractivity contribution in [1.82, 2.24) is 0 Å². The number of halogens is 2. The molecule has 1 atom stereocenters. The van der Waals surface area contributed by atoms with Crippen LogP contribution in [0.1, 0.15) is 27.7 Å². The first-order valence-electron chi connectivity index (χ1n) is 10.1. The topological polar surface area (TPSA) is 94.5 Å². The molecule has 0 saturated carbocycles. The fourth-order valence-electron chi connectivity index (χ4n) is 4.05. The van der Waals surface area contributed by atoms with Crippen molar-refractivity contribution in [3.8, 4) is 6.07 Å². The van der Waals surface area contributed by atoms with E-state index in [0.717, 1.165) is 9.37 Å². The largest absolute Gasteiger partial charge is 0.503 e. The van der Waals surface area contributed by atoms with E-state index in [4.69, 9.17) is 9.68 Å². The smallest absolute Gasteiger partial charge is 0.294 e. The zero-order chi connectivity index (χ0) is 24.0. The highest BCUT2D eigenvalue weighted by Crippen LogP contribution is 2.43. The minimum atomic E-state index is -1.24. The molecular weight excluding hydrogens is 503 g/mol. The second kappa shape index (κ2) is 8.28. The normalized spacial score (nSPS) is 15.7. The maximum absolute atomic E-state index is 14.9. The average Bonchev–Trinajstić information content (AvgIpc) is 3.37. The number of aliphatic hydroxyl groups excluding tert-OH is 1. The van der Waals surface area contributed by atoms with Gasteiger partial charge >= 0.3 is 0 Å². The monoisotopic (exact) mass is 516 g/mol. The molecule has 1 N–H and O–H groups in total. The quantitative estimate of drug-likeness (QED) is 0.336. The Labute approximate surface area is 201 Å². The van der Waals surface area contributed by atoms with Crippen LogP contribution in [-0.4, -0.2) is 16.8 Å². The lowest BCUT2D eigenvalue weighted by Gasteiger charge is -2.27. The molecule has 0 fully saturated rings. The molecule has 1 aliphatic heterocycles. The number of nitrogens with zero attached hydrogens (tertiary/aromatic N) is 2. The Kier molecular flexibility index (Phi) is 5.27. The van der Waals surface area contributed by atoms with Crippen LogP contribution >= 0.6 is 15.9 Å². The summed E-state index contributed by atoms with van der Waals surface area (Å²) in [6, 6.07) is 19.2. The zero-order valence-corrected chi connectivity index (χ0v) is 18.9. The van der Waals surface area contributed by atoms with E-state index >= 15 is 0 Å². The van der Waals surface area contributed by atoms with Crippen molar-refractivity contribution in [1.29, 1.82) is 5.26 Å². The second-order valence-corrected chi connectivity index (χ2v) is 8.56. The first-order chi connectivity index (χ1) is 16.4. The van der Waals surface area contributed by atoms with Crippen LogP contribution in [-0.2, 0) is 4.79 Å². The molecule has 6 nitrogen and oxygen atoms in total. The molecule has 34 heavy (non-hydrogen) atoms. The summed E-state index contributed by atoms with van der Waals surface area (Å²) >= 11 is 3.37. The molecule has 1 unspecified atom stereocenters. The lowest BCUT2D eigenvalue weighted by Crippen LogP contribution is -2.31. The summed E-state index contributed by atoms with van der Waals surface area (Å²) in [5.74, 6) is -3.12. The van der Waals surface area contributed by atoms with Gasteiger partial charge in [0.15, 0.2) is 11.5 Å². The lowest BCUT2D eigenvalue weighted by atomic mass is 9.94. The number of hydrogen-bond donors (Lipinski definition) is 1. The third-order valence-electron chi connectivity index (χ3n) is 5.63. The van der Waals surface area contributed by atoms with Crippen molar-refractivity contribution >= 4 is 44.3 Å². The van der Waals surface area contributed by atoms with Gasteiger partial charge in [-0.2, -0.15) is 5.26 Å². The number of fused-ring (bicyclic) bond motifs is 1. The van der Waals surface area contributed by atoms with Gasteiger partial charge in [-0.3, -0.25) is 14.5 Å². The Morgan fingerprint density at radius 2 is 1.82 bits per heavy atom. The number of hydrogen-bond acceptors (Lipinski definition) is 5. The van der Waals surface area contributed by atoms with E-state index in [1.54, 1.807) is 24.3 Å². The van der Waals surface area contributed by atoms with Gasteiger partial charge in [-0.25, -0.2) is 4.39 Å². The fourth-order valence-corrected chi connectivity index (χ4v) is 4.43. The van der Waals surface area contributed by atoms with Crippen LogP contribution in [0.15, 0.2) is 93.0 Å². The van der Waals surface area contributed by atoms with Gasteiger partial charge in [-0.15, -0.1) is 0 Å². The molecule has 3 aromatic carbocycles. The predicted octanol–water partition coefficient (Wildman–Crippen LogP) is 5.99. The van der Waals surface area contributed by atoms with Gasteiger partial charge in [0.25, 0.3) is 5.91 Å². The number of furan rings is 1. The molecule has 4 aromatic rings. The maximum atomic E-state index is 14.9. The number of amides is 1. The summed E-state index contributed by atoms with van der Waals surface area (Å²) in [5, 5.41) is 20.5. The predicted molar refractivity (Wildman–Crippen MR) is 126 cm³/mol. The SMILES string of the molecule is N#Cc1ccc(N2C(=O)C(O)=C(C(=O)c3cc4cc(Br)ccc4o3)C2c2ccccc2F)cc1. The Hall–Kier alpha value is -4.22. The molecule has 0 aliphatic carbocycles. The van der Waals surface area contributed by atoms with Crippen molar-refractivity contribution in [2.75, 3.05) is 4.90 Å². The zero-order valence-electron chi connectivity index (χ0n) is 17.3. The molecule has 1 aromatic heterocycles. The van der Waals surface area contributed by atoms with Gasteiger partial charge in [0.2, 0.25) is 5.78 Å². The van der Waals surface area contributed by atoms with Gasteiger partial charge in [0, 0.05) is 21.1 Å². The second-order valence-electron chi connectivity index (χ2n) is 7.64. The van der Waals surface area contributed by atoms with E-state index in [9.17, 15) is 19.1 Å². The van der Waals surface area contributed by atoms with Crippen LogP contribution in [0.25, 0.3) is 11.0 Å². The summed E-state index contributed by atoms with van der Waals surface area (Å²) in [5.41, 5.74) is 0.839. The molecule has 166 valence electrons. The van der Waals surface area contributed by atoms with Crippen LogP contribution in [0.3, 0.4) is 0 Å². The molecule has 2 heterocycles. The van der Waals surface area contributed by atoms with E-state index in [0.29, 0.717) is 22.2 Å². The van der Waals surface area contributed by atoms with Crippen LogP contribution in [0, 0.1) is 17.1 Å². The molecule has 0 bridgehead atoms. The molecule has 8 heteroatoms. The van der Waals surface area contributed by atoms with E-state index in [-0.39, 0.29) is 16.9 Å². The summed E-state index contributed by atoms with van der Waals surface area (Å²) in [6.07, 6.45) is 0. The number of carbonyl (C=O) groups excluding carboxylic acids is 2. The third-order valence-corrected chi connectivity index (χ3v) is 6.12. The lowest BCUT2D eigenvalue weighted by molar-refractivity contribution is -0.117. The first-order valence-corrected chi connectivity index (χ1v) is 10.9. The van der Waals surface area contributed by atoms with Crippen LogP contribution in [0.4, 0.5) is 10.1 Å². The van der Waals surface area contributed by atoms with Gasteiger partial charge < -0.3 is 9.52 Å². The molecule has 0 radical (unpaired) electrons. The number of rotatable bonds is 4. The number of aliphatic hydroxyl groups is 1. The summed E-state index contributed by atoms with van der Waals surface area (Å²) in [7, 11) is 0. The van der Waals surface area contributed by atoms with Crippen molar-refractivity contribution in [2.45, 2.75) is 6.04 Å². The van der Waals surface area contributed by atoms with Crippen LogP contribution in [0.5, 0.6) is 0 Å². The molecular formula is C26H14BrFN2O4. The van der Waals surface area contributed by atoms with Gasteiger partial charge in [0.1, 0.15) is 11.4 Å². The average molecular weight is 517 g/mol. The Balaban J connectivity index is 1.67. The molecule has 1 aliphatic rings. The standard InChI is InChI=1S/C26H14BrFN2O4/c27-16-7-10-20-15(11-16)12-21(34-20)24(31)22-23(18-3-1-2-4-19(18)28)30(26(33)25(22)32)17-8-5-14(13-29)6-9-17/h1-12,23,32H. The van der Waals surface area contributed by atoms with Crippen molar-refractivity contribution in [3.05, 3.63) is 111 Å². The summed E-state index contributed by atoms with van der Waals surface area (Å²) in [6.45, 7) is 0. The van der Waals surface area contributed by atoms with E-state index in [1.165, 1.54) is 48.5 Å². The Morgan fingerprint density at radius 3 is 2.53 bits per heavy atom.